The molecule has 1 saturated heterocycles. The highest BCUT2D eigenvalue weighted by atomic mass is 32.2. The second kappa shape index (κ2) is 8.30. The van der Waals surface area contributed by atoms with Crippen molar-refractivity contribution in [3.63, 3.8) is 0 Å². The molecule has 1 N–H and O–H groups in total. The highest BCUT2D eigenvalue weighted by Crippen LogP contribution is 2.37. The van der Waals surface area contributed by atoms with E-state index >= 15 is 0 Å². The molecule has 1 amide bonds. The molecule has 3 aromatic carbocycles. The Bertz CT molecular complexity index is 1200. The number of hydrogen-bond donors (Lipinski definition) is 1. The lowest BCUT2D eigenvalue weighted by Crippen LogP contribution is -2.27. The monoisotopic (exact) mass is 435 g/mol. The molecule has 1 atom stereocenters. The fourth-order valence-corrected chi connectivity index (χ4v) is 4.39. The number of thiocarbonyl (C=S) groups is 1. The molecular weight excluding hydrogens is 418 g/mol. The lowest BCUT2D eigenvalue weighted by molar-refractivity contribution is -0.144. The van der Waals surface area contributed by atoms with Crippen molar-refractivity contribution in [1.82, 2.24) is 0 Å². The zero-order valence-corrected chi connectivity index (χ0v) is 17.6. The van der Waals surface area contributed by atoms with Crippen LogP contribution in [0.25, 0.3) is 16.8 Å². The molecule has 3 aromatic rings. The molecule has 150 valence electrons. The maximum atomic E-state index is 13.0. The van der Waals surface area contributed by atoms with Crippen molar-refractivity contribution < 1.29 is 19.4 Å². The van der Waals surface area contributed by atoms with Gasteiger partial charge in [-0.2, -0.15) is 0 Å². The molecule has 1 fully saturated rings. The van der Waals surface area contributed by atoms with Crippen molar-refractivity contribution in [2.75, 3.05) is 4.90 Å². The second-order valence-electron chi connectivity index (χ2n) is 6.72. The first-order valence-corrected chi connectivity index (χ1v) is 10.4. The summed E-state index contributed by atoms with van der Waals surface area (Å²) in [7, 11) is 0. The van der Waals surface area contributed by atoms with Crippen LogP contribution in [0.2, 0.25) is 0 Å². The molecule has 1 aliphatic rings. The number of carboxylic acid groups (broad SMARTS) is 1. The van der Waals surface area contributed by atoms with Gasteiger partial charge >= 0.3 is 5.97 Å². The largest absolute Gasteiger partial charge is 0.479 e. The van der Waals surface area contributed by atoms with Gasteiger partial charge in [0.15, 0.2) is 10.4 Å². The van der Waals surface area contributed by atoms with Gasteiger partial charge in [-0.1, -0.05) is 66.4 Å². The van der Waals surface area contributed by atoms with E-state index in [-0.39, 0.29) is 5.91 Å². The van der Waals surface area contributed by atoms with Gasteiger partial charge < -0.3 is 9.84 Å². The van der Waals surface area contributed by atoms with E-state index in [4.69, 9.17) is 22.1 Å². The average Bonchev–Trinajstić information content (AvgIpc) is 3.00. The van der Waals surface area contributed by atoms with Crippen molar-refractivity contribution in [3.8, 4) is 5.75 Å². The molecule has 1 unspecified atom stereocenters. The summed E-state index contributed by atoms with van der Waals surface area (Å²) in [5.41, 5.74) is 1.45. The first kappa shape index (κ1) is 20.1. The van der Waals surface area contributed by atoms with Crippen molar-refractivity contribution >= 4 is 62.7 Å². The number of anilines is 1. The zero-order valence-electron chi connectivity index (χ0n) is 15.9. The van der Waals surface area contributed by atoms with E-state index < -0.39 is 12.1 Å². The van der Waals surface area contributed by atoms with Gasteiger partial charge in [-0.05, 0) is 53.6 Å². The predicted octanol–water partition coefficient (Wildman–Crippen LogP) is 5.10. The highest BCUT2D eigenvalue weighted by Gasteiger charge is 2.33. The number of aliphatic carboxylic acids is 1. The van der Waals surface area contributed by atoms with Crippen LogP contribution >= 0.6 is 24.0 Å². The molecule has 7 heteroatoms. The molecular formula is C23H17NO4S2. The summed E-state index contributed by atoms with van der Waals surface area (Å²) in [6, 6.07) is 20.7. The minimum absolute atomic E-state index is 0.189. The molecule has 0 aromatic heterocycles. The van der Waals surface area contributed by atoms with Crippen LogP contribution in [0.5, 0.6) is 5.75 Å². The standard InChI is InChI=1S/C23H17NO4S2/c1-14(22(26)27)28-19-8-4-5-15(11-19)12-20-21(25)24(23(29)30-20)18-10-9-16-6-2-3-7-17(16)13-18/h2-14H,1H3,(H,26,27)/b20-12+. The zero-order chi connectivity index (χ0) is 21.3. The minimum atomic E-state index is -1.04. The maximum absolute atomic E-state index is 13.0. The summed E-state index contributed by atoms with van der Waals surface area (Å²) in [6.07, 6.45) is 0.768. The summed E-state index contributed by atoms with van der Waals surface area (Å²) in [4.78, 5) is 26.1. The molecule has 0 aliphatic carbocycles. The smallest absolute Gasteiger partial charge is 0.344 e. The summed E-state index contributed by atoms with van der Waals surface area (Å²) in [5, 5.41) is 11.1. The summed E-state index contributed by atoms with van der Waals surface area (Å²) in [6.45, 7) is 1.46. The normalized spacial score (nSPS) is 16.3. The first-order chi connectivity index (χ1) is 14.4. The maximum Gasteiger partial charge on any atom is 0.344 e. The van der Waals surface area contributed by atoms with Crippen LogP contribution in [0.3, 0.4) is 0 Å². The summed E-state index contributed by atoms with van der Waals surface area (Å²) in [5.74, 6) is -0.814. The Morgan fingerprint density at radius 1 is 1.10 bits per heavy atom. The van der Waals surface area contributed by atoms with Crippen LogP contribution < -0.4 is 9.64 Å². The first-order valence-electron chi connectivity index (χ1n) is 9.19. The fourth-order valence-electron chi connectivity index (χ4n) is 3.09. The molecule has 4 rings (SSSR count). The lowest BCUT2D eigenvalue weighted by atomic mass is 10.1. The Hall–Kier alpha value is -3.16. The molecule has 1 heterocycles. The number of fused-ring (bicyclic) bond motifs is 1. The number of carbonyl (C=O) groups excluding carboxylic acids is 1. The molecule has 0 spiro atoms. The van der Waals surface area contributed by atoms with Crippen LogP contribution in [-0.2, 0) is 9.59 Å². The van der Waals surface area contributed by atoms with Crippen molar-refractivity contribution in [1.29, 1.82) is 0 Å². The quantitative estimate of drug-likeness (QED) is 0.444. The predicted molar refractivity (Wildman–Crippen MR) is 124 cm³/mol. The number of nitrogens with zero attached hydrogens (tertiary/aromatic N) is 1. The Morgan fingerprint density at radius 3 is 2.63 bits per heavy atom. The molecule has 0 radical (unpaired) electrons. The number of thioether (sulfide) groups is 1. The third-order valence-electron chi connectivity index (χ3n) is 4.60. The van der Waals surface area contributed by atoms with Gasteiger partial charge in [0.25, 0.3) is 5.91 Å². The van der Waals surface area contributed by atoms with Crippen LogP contribution in [0.1, 0.15) is 12.5 Å². The number of ether oxygens (including phenoxy) is 1. The van der Waals surface area contributed by atoms with Crippen LogP contribution in [-0.4, -0.2) is 27.4 Å². The number of carboxylic acids is 1. The fraction of sp³-hybridized carbons (Fsp3) is 0.0870. The van der Waals surface area contributed by atoms with E-state index in [1.165, 1.54) is 23.6 Å². The highest BCUT2D eigenvalue weighted by molar-refractivity contribution is 8.27. The summed E-state index contributed by atoms with van der Waals surface area (Å²) < 4.78 is 5.87. The van der Waals surface area contributed by atoms with E-state index in [0.717, 1.165) is 22.0 Å². The Kier molecular flexibility index (Phi) is 5.57. The number of rotatable bonds is 5. The molecule has 5 nitrogen and oxygen atoms in total. The van der Waals surface area contributed by atoms with Crippen LogP contribution in [0.4, 0.5) is 5.69 Å². The Balaban J connectivity index is 1.60. The van der Waals surface area contributed by atoms with Crippen molar-refractivity contribution in [2.24, 2.45) is 0 Å². The molecule has 0 saturated carbocycles. The van der Waals surface area contributed by atoms with Gasteiger partial charge in [0.1, 0.15) is 5.75 Å². The number of carbonyl (C=O) groups is 2. The van der Waals surface area contributed by atoms with Crippen LogP contribution in [0.15, 0.2) is 71.6 Å². The van der Waals surface area contributed by atoms with Crippen LogP contribution in [0, 0.1) is 0 Å². The number of benzene rings is 3. The number of hydrogen-bond acceptors (Lipinski definition) is 5. The molecule has 0 bridgehead atoms. The van der Waals surface area contributed by atoms with Gasteiger partial charge in [-0.25, -0.2) is 4.79 Å². The van der Waals surface area contributed by atoms with Crippen molar-refractivity contribution in [2.45, 2.75) is 13.0 Å². The van der Waals surface area contributed by atoms with Gasteiger partial charge in [-0.15, -0.1) is 0 Å². The second-order valence-corrected chi connectivity index (χ2v) is 8.40. The Labute approximate surface area is 183 Å². The minimum Gasteiger partial charge on any atom is -0.479 e. The Morgan fingerprint density at radius 2 is 1.87 bits per heavy atom. The molecule has 30 heavy (non-hydrogen) atoms. The van der Waals surface area contributed by atoms with Gasteiger partial charge in [-0.3, -0.25) is 9.69 Å². The van der Waals surface area contributed by atoms with Gasteiger partial charge in [0.05, 0.1) is 10.6 Å². The van der Waals surface area contributed by atoms with E-state index in [9.17, 15) is 9.59 Å². The lowest BCUT2D eigenvalue weighted by Gasteiger charge is -2.15. The average molecular weight is 436 g/mol. The third-order valence-corrected chi connectivity index (χ3v) is 5.90. The summed E-state index contributed by atoms with van der Waals surface area (Å²) >= 11 is 6.70. The molecule has 1 aliphatic heterocycles. The SMILES string of the molecule is CC(Oc1cccc(/C=C2/SC(=S)N(c3ccc4ccccc4c3)C2=O)c1)C(=O)O. The van der Waals surface area contributed by atoms with Crippen molar-refractivity contribution in [3.05, 3.63) is 77.2 Å². The third kappa shape index (κ3) is 4.08. The van der Waals surface area contributed by atoms with E-state index in [0.29, 0.717) is 15.0 Å². The van der Waals surface area contributed by atoms with E-state index in [1.807, 2.05) is 48.5 Å². The van der Waals surface area contributed by atoms with Gasteiger partial charge in [0, 0.05) is 0 Å². The van der Waals surface area contributed by atoms with Gasteiger partial charge in [0.2, 0.25) is 0 Å². The number of amides is 1. The van der Waals surface area contributed by atoms with E-state index in [2.05, 4.69) is 0 Å². The topological polar surface area (TPSA) is 66.8 Å². The van der Waals surface area contributed by atoms with E-state index in [1.54, 1.807) is 24.3 Å².